The normalized spacial score (nSPS) is 10.9. The zero-order valence-electron chi connectivity index (χ0n) is 13.0. The molecule has 0 atom stereocenters. The molecule has 2 heterocycles. The Morgan fingerprint density at radius 2 is 2.17 bits per heavy atom. The molecule has 0 spiro atoms. The van der Waals surface area contributed by atoms with Gasteiger partial charge in [-0.3, -0.25) is 9.89 Å². The lowest BCUT2D eigenvalue weighted by Gasteiger charge is -2.04. The molecule has 0 aliphatic carbocycles. The van der Waals surface area contributed by atoms with Gasteiger partial charge in [0, 0.05) is 16.9 Å². The number of Topliss-reactive ketones (excluding diaryl/α,β-unsaturated/α-hetero) is 1. The van der Waals surface area contributed by atoms with E-state index in [9.17, 15) is 4.79 Å². The fraction of sp³-hybridized carbons (Fsp3) is 0.235. The lowest BCUT2D eigenvalue weighted by Crippen LogP contribution is -2.05. The Morgan fingerprint density at radius 1 is 1.30 bits per heavy atom. The molecule has 3 aromatic rings. The quantitative estimate of drug-likeness (QED) is 0.542. The second-order valence-electron chi connectivity index (χ2n) is 5.35. The number of carbonyl (C=O) groups excluding carboxylic acids is 1. The van der Waals surface area contributed by atoms with Gasteiger partial charge in [-0.2, -0.15) is 0 Å². The number of nitrogens with one attached hydrogen (secondary N) is 1. The molecule has 1 aromatic carbocycles. The minimum Gasteiger partial charge on any atom is -0.293 e. The maximum atomic E-state index is 12.3. The van der Waals surface area contributed by atoms with Gasteiger partial charge < -0.3 is 0 Å². The Labute approximate surface area is 143 Å². The van der Waals surface area contributed by atoms with Gasteiger partial charge in [0.25, 0.3) is 0 Å². The summed E-state index contributed by atoms with van der Waals surface area (Å²) < 4.78 is 0. The Balaban J connectivity index is 1.60. The molecule has 1 N–H and O–H groups in total. The fourth-order valence-electron chi connectivity index (χ4n) is 2.33. The average molecular weight is 343 g/mol. The van der Waals surface area contributed by atoms with Crippen molar-refractivity contribution in [1.29, 1.82) is 0 Å². The van der Waals surface area contributed by atoms with Crippen LogP contribution in [0.3, 0.4) is 0 Å². The topological polar surface area (TPSA) is 58.6 Å². The summed E-state index contributed by atoms with van der Waals surface area (Å²) in [5.74, 6) is 1.28. The van der Waals surface area contributed by atoms with Crippen molar-refractivity contribution in [2.45, 2.75) is 25.4 Å². The summed E-state index contributed by atoms with van der Waals surface area (Å²) in [5, 5.41) is 9.78. The van der Waals surface area contributed by atoms with Crippen molar-refractivity contribution in [3.8, 4) is 0 Å². The molecule has 3 rings (SSSR count). The van der Waals surface area contributed by atoms with Crippen LogP contribution in [0.15, 0.2) is 40.9 Å². The monoisotopic (exact) mass is 343 g/mol. The second-order valence-corrected chi connectivity index (χ2v) is 7.33. The van der Waals surface area contributed by atoms with Crippen LogP contribution in [0, 0.1) is 13.8 Å². The Hall–Kier alpha value is -1.92. The predicted octanol–water partition coefficient (Wildman–Crippen LogP) is 4.05. The fourth-order valence-corrected chi connectivity index (χ4v) is 3.74. The molecule has 118 valence electrons. The number of aryl methyl sites for hydroxylation is 2. The van der Waals surface area contributed by atoms with Gasteiger partial charge in [-0.05, 0) is 30.9 Å². The third-order valence-corrected chi connectivity index (χ3v) is 5.17. The molecule has 0 bridgehead atoms. The number of thioether (sulfide) groups is 1. The molecule has 0 unspecified atom stereocenters. The van der Waals surface area contributed by atoms with Gasteiger partial charge >= 0.3 is 0 Å². The summed E-state index contributed by atoms with van der Waals surface area (Å²) in [6, 6.07) is 9.99. The summed E-state index contributed by atoms with van der Waals surface area (Å²) in [6.45, 7) is 4.00. The van der Waals surface area contributed by atoms with E-state index in [2.05, 4.69) is 21.2 Å². The molecule has 0 fully saturated rings. The molecule has 4 nitrogen and oxygen atoms in total. The Morgan fingerprint density at radius 3 is 2.91 bits per heavy atom. The van der Waals surface area contributed by atoms with E-state index in [0.29, 0.717) is 10.9 Å². The summed E-state index contributed by atoms with van der Waals surface area (Å²) in [4.78, 5) is 18.0. The highest BCUT2D eigenvalue weighted by molar-refractivity contribution is 7.99. The van der Waals surface area contributed by atoms with Crippen LogP contribution in [0.25, 0.3) is 0 Å². The first-order valence-electron chi connectivity index (χ1n) is 7.29. The van der Waals surface area contributed by atoms with E-state index in [1.54, 1.807) is 11.3 Å². The van der Waals surface area contributed by atoms with Gasteiger partial charge in [-0.25, -0.2) is 4.98 Å². The highest BCUT2D eigenvalue weighted by atomic mass is 32.2. The van der Waals surface area contributed by atoms with Crippen LogP contribution in [-0.4, -0.2) is 26.7 Å². The average Bonchev–Trinajstić information content (AvgIpc) is 3.17. The van der Waals surface area contributed by atoms with Crippen molar-refractivity contribution >= 4 is 28.9 Å². The van der Waals surface area contributed by atoms with Crippen LogP contribution in [0.1, 0.15) is 32.2 Å². The van der Waals surface area contributed by atoms with Gasteiger partial charge in [-0.15, -0.1) is 16.4 Å². The number of nitrogens with zero attached hydrogens (tertiary/aromatic N) is 2. The molecule has 0 aliphatic heterocycles. The highest BCUT2D eigenvalue weighted by Crippen LogP contribution is 2.19. The van der Waals surface area contributed by atoms with Crippen LogP contribution >= 0.6 is 23.1 Å². The maximum absolute atomic E-state index is 12.3. The first-order chi connectivity index (χ1) is 11.1. The third-order valence-electron chi connectivity index (χ3n) is 3.45. The number of aromatic amines is 1. The van der Waals surface area contributed by atoms with Gasteiger partial charge in [0.15, 0.2) is 5.78 Å². The molecule has 0 saturated heterocycles. The number of carbonyl (C=O) groups is 1. The van der Waals surface area contributed by atoms with Crippen molar-refractivity contribution in [1.82, 2.24) is 15.2 Å². The first kappa shape index (κ1) is 16.0. The van der Waals surface area contributed by atoms with E-state index in [4.69, 9.17) is 0 Å². The van der Waals surface area contributed by atoms with Crippen LogP contribution in [0.5, 0.6) is 0 Å². The zero-order chi connectivity index (χ0) is 16.2. The number of ketones is 1. The third kappa shape index (κ3) is 4.09. The van der Waals surface area contributed by atoms with E-state index < -0.39 is 0 Å². The van der Waals surface area contributed by atoms with Gasteiger partial charge in [0.2, 0.25) is 5.16 Å². The van der Waals surface area contributed by atoms with Crippen molar-refractivity contribution in [2.75, 3.05) is 5.75 Å². The van der Waals surface area contributed by atoms with E-state index in [-0.39, 0.29) is 5.78 Å². The number of rotatable bonds is 6. The second kappa shape index (κ2) is 7.10. The smallest absolute Gasteiger partial charge is 0.208 e. The molecular weight excluding hydrogens is 326 g/mol. The molecular formula is C17H17N3OS2. The van der Waals surface area contributed by atoms with Gasteiger partial charge in [0.05, 0.1) is 5.75 Å². The summed E-state index contributed by atoms with van der Waals surface area (Å²) in [6.07, 6.45) is 0.746. The van der Waals surface area contributed by atoms with E-state index in [0.717, 1.165) is 23.4 Å². The van der Waals surface area contributed by atoms with Gasteiger partial charge in [0.1, 0.15) is 5.82 Å². The number of aromatic nitrogens is 3. The van der Waals surface area contributed by atoms with Crippen molar-refractivity contribution in [3.05, 3.63) is 63.1 Å². The number of thiophene rings is 1. The summed E-state index contributed by atoms with van der Waals surface area (Å²) in [5.41, 5.74) is 2.96. The number of benzene rings is 1. The molecule has 0 saturated carbocycles. The summed E-state index contributed by atoms with van der Waals surface area (Å²) in [7, 11) is 0. The predicted molar refractivity (Wildman–Crippen MR) is 94.5 cm³/mol. The van der Waals surface area contributed by atoms with E-state index in [1.165, 1.54) is 22.2 Å². The molecule has 0 radical (unpaired) electrons. The molecule has 6 heteroatoms. The van der Waals surface area contributed by atoms with Crippen LogP contribution in [-0.2, 0) is 6.42 Å². The van der Waals surface area contributed by atoms with Crippen molar-refractivity contribution in [3.63, 3.8) is 0 Å². The Bertz CT molecular complexity index is 809. The molecule has 2 aromatic heterocycles. The lowest BCUT2D eigenvalue weighted by atomic mass is 10.0. The molecule has 0 amide bonds. The number of hydrogen-bond acceptors (Lipinski definition) is 5. The van der Waals surface area contributed by atoms with Crippen LogP contribution < -0.4 is 0 Å². The summed E-state index contributed by atoms with van der Waals surface area (Å²) >= 11 is 3.07. The van der Waals surface area contributed by atoms with Gasteiger partial charge in [-0.1, -0.05) is 41.6 Å². The largest absolute Gasteiger partial charge is 0.293 e. The van der Waals surface area contributed by atoms with E-state index in [1.807, 2.05) is 43.5 Å². The maximum Gasteiger partial charge on any atom is 0.208 e. The number of hydrogen-bond donors (Lipinski definition) is 1. The zero-order valence-corrected chi connectivity index (χ0v) is 14.6. The SMILES string of the molecule is Cc1ccc(C(=O)CSc2n[nH]c(Cc3cccs3)n2)c(C)c1. The van der Waals surface area contributed by atoms with Crippen molar-refractivity contribution < 1.29 is 4.79 Å². The minimum atomic E-state index is 0.108. The van der Waals surface area contributed by atoms with Crippen molar-refractivity contribution in [2.24, 2.45) is 0 Å². The first-order valence-corrected chi connectivity index (χ1v) is 9.15. The highest BCUT2D eigenvalue weighted by Gasteiger charge is 2.12. The number of H-pyrrole nitrogens is 1. The minimum absolute atomic E-state index is 0.108. The Kier molecular flexibility index (Phi) is 4.93. The van der Waals surface area contributed by atoms with Crippen LogP contribution in [0.2, 0.25) is 0 Å². The van der Waals surface area contributed by atoms with Crippen LogP contribution in [0.4, 0.5) is 0 Å². The molecule has 0 aliphatic rings. The molecule has 23 heavy (non-hydrogen) atoms. The lowest BCUT2D eigenvalue weighted by molar-refractivity contribution is 0.102. The standard InChI is InChI=1S/C17H17N3OS2/c1-11-5-6-14(12(2)8-11)15(21)10-23-17-18-16(19-20-17)9-13-4-3-7-22-13/h3-8H,9-10H2,1-2H3,(H,18,19,20). The van der Waals surface area contributed by atoms with E-state index >= 15 is 0 Å².